The predicted octanol–water partition coefficient (Wildman–Crippen LogP) is 3.62. The number of nitrogens with one attached hydrogen (secondary N) is 1. The van der Waals surface area contributed by atoms with E-state index >= 15 is 0 Å². The Morgan fingerprint density at radius 3 is 2.88 bits per heavy atom. The molecule has 2 fully saturated rings. The molecule has 1 aliphatic heterocycles. The SMILES string of the molecule is CCNC(=NCCc1cccc2cccnc12)N1CCC2(CCC2)C1. The molecular weight excluding hydrogens is 308 g/mol. The van der Waals surface area contributed by atoms with Gasteiger partial charge in [0.1, 0.15) is 0 Å². The van der Waals surface area contributed by atoms with Crippen molar-refractivity contribution in [2.24, 2.45) is 10.4 Å². The van der Waals surface area contributed by atoms with E-state index in [1.807, 2.05) is 12.3 Å². The lowest BCUT2D eigenvalue weighted by Crippen LogP contribution is -2.42. The largest absolute Gasteiger partial charge is 0.357 e. The molecule has 1 saturated carbocycles. The van der Waals surface area contributed by atoms with Crippen LogP contribution in [-0.4, -0.2) is 42.0 Å². The van der Waals surface area contributed by atoms with Crippen molar-refractivity contribution in [3.8, 4) is 0 Å². The van der Waals surface area contributed by atoms with Gasteiger partial charge < -0.3 is 10.2 Å². The van der Waals surface area contributed by atoms with Crippen LogP contribution in [0.2, 0.25) is 0 Å². The fourth-order valence-corrected chi connectivity index (χ4v) is 4.28. The minimum atomic E-state index is 0.607. The highest BCUT2D eigenvalue weighted by atomic mass is 15.3. The second-order valence-electron chi connectivity index (χ2n) is 7.50. The Morgan fingerprint density at radius 1 is 1.24 bits per heavy atom. The summed E-state index contributed by atoms with van der Waals surface area (Å²) >= 11 is 0. The van der Waals surface area contributed by atoms with Crippen LogP contribution in [0.1, 0.15) is 38.2 Å². The van der Waals surface area contributed by atoms with Crippen molar-refractivity contribution in [1.29, 1.82) is 0 Å². The van der Waals surface area contributed by atoms with Crippen LogP contribution in [-0.2, 0) is 6.42 Å². The molecule has 4 rings (SSSR count). The third-order valence-corrected chi connectivity index (χ3v) is 5.85. The first-order chi connectivity index (χ1) is 12.3. The highest BCUT2D eigenvalue weighted by molar-refractivity contribution is 5.82. The van der Waals surface area contributed by atoms with Gasteiger partial charge in [-0.1, -0.05) is 30.7 Å². The molecular formula is C21H28N4. The molecule has 132 valence electrons. The van der Waals surface area contributed by atoms with Crippen LogP contribution in [0, 0.1) is 5.41 Å². The highest BCUT2D eigenvalue weighted by Gasteiger charge is 2.43. The maximum atomic E-state index is 4.93. The molecule has 2 aliphatic rings. The van der Waals surface area contributed by atoms with E-state index in [4.69, 9.17) is 4.99 Å². The van der Waals surface area contributed by atoms with Gasteiger partial charge in [0.25, 0.3) is 0 Å². The summed E-state index contributed by atoms with van der Waals surface area (Å²) in [6.07, 6.45) is 8.37. The zero-order chi connectivity index (χ0) is 17.1. The van der Waals surface area contributed by atoms with Crippen molar-refractivity contribution in [1.82, 2.24) is 15.2 Å². The van der Waals surface area contributed by atoms with Crippen LogP contribution in [0.25, 0.3) is 10.9 Å². The molecule has 1 aliphatic carbocycles. The molecule has 0 bridgehead atoms. The summed E-state index contributed by atoms with van der Waals surface area (Å²) in [6, 6.07) is 10.5. The Morgan fingerprint density at radius 2 is 2.12 bits per heavy atom. The van der Waals surface area contributed by atoms with Gasteiger partial charge in [0.2, 0.25) is 0 Å². The van der Waals surface area contributed by atoms with E-state index in [0.29, 0.717) is 5.41 Å². The fraction of sp³-hybridized carbons (Fsp3) is 0.524. The molecule has 1 saturated heterocycles. The molecule has 25 heavy (non-hydrogen) atoms. The Labute approximate surface area is 150 Å². The summed E-state index contributed by atoms with van der Waals surface area (Å²) in [5, 5.41) is 4.70. The second kappa shape index (κ2) is 7.03. The van der Waals surface area contributed by atoms with Crippen LogP contribution in [0.4, 0.5) is 0 Å². The predicted molar refractivity (Wildman–Crippen MR) is 104 cm³/mol. The lowest BCUT2D eigenvalue weighted by atomic mass is 9.68. The quantitative estimate of drug-likeness (QED) is 0.685. The molecule has 4 nitrogen and oxygen atoms in total. The van der Waals surface area contributed by atoms with Crippen molar-refractivity contribution < 1.29 is 0 Å². The fourth-order valence-electron chi connectivity index (χ4n) is 4.28. The topological polar surface area (TPSA) is 40.5 Å². The van der Waals surface area contributed by atoms with E-state index in [-0.39, 0.29) is 0 Å². The van der Waals surface area contributed by atoms with E-state index in [0.717, 1.165) is 37.5 Å². The summed E-state index contributed by atoms with van der Waals surface area (Å²) in [5.74, 6) is 1.10. The lowest BCUT2D eigenvalue weighted by molar-refractivity contribution is 0.151. The van der Waals surface area contributed by atoms with Gasteiger partial charge in [0, 0.05) is 37.8 Å². The van der Waals surface area contributed by atoms with Gasteiger partial charge in [0.15, 0.2) is 5.96 Å². The molecule has 2 aromatic rings. The van der Waals surface area contributed by atoms with Crippen LogP contribution >= 0.6 is 0 Å². The number of hydrogen-bond donors (Lipinski definition) is 1. The average Bonchev–Trinajstić information content (AvgIpc) is 3.07. The van der Waals surface area contributed by atoms with Crippen LogP contribution in [0.5, 0.6) is 0 Å². The molecule has 4 heteroatoms. The summed E-state index contributed by atoms with van der Waals surface area (Å²) < 4.78 is 0. The zero-order valence-electron chi connectivity index (χ0n) is 15.2. The van der Waals surface area contributed by atoms with Crippen LogP contribution in [0.15, 0.2) is 41.5 Å². The Hall–Kier alpha value is -2.10. The summed E-state index contributed by atoms with van der Waals surface area (Å²) in [4.78, 5) is 12.0. The van der Waals surface area contributed by atoms with Crippen LogP contribution < -0.4 is 5.32 Å². The van der Waals surface area contributed by atoms with Crippen LogP contribution in [0.3, 0.4) is 0 Å². The third kappa shape index (κ3) is 3.35. The van der Waals surface area contributed by atoms with Gasteiger partial charge in [-0.15, -0.1) is 0 Å². The third-order valence-electron chi connectivity index (χ3n) is 5.85. The molecule has 0 amide bonds. The average molecular weight is 336 g/mol. The van der Waals surface area contributed by atoms with E-state index < -0.39 is 0 Å². The first kappa shape index (κ1) is 16.4. The van der Waals surface area contributed by atoms with Gasteiger partial charge >= 0.3 is 0 Å². The number of hydrogen-bond acceptors (Lipinski definition) is 2. The van der Waals surface area contributed by atoms with Gasteiger partial charge in [-0.25, -0.2) is 0 Å². The molecule has 1 N–H and O–H groups in total. The molecule has 0 radical (unpaired) electrons. The number of fused-ring (bicyclic) bond motifs is 1. The number of benzene rings is 1. The normalized spacial score (nSPS) is 19.4. The molecule has 1 spiro atoms. The van der Waals surface area contributed by atoms with Crippen molar-refractivity contribution in [3.63, 3.8) is 0 Å². The number of aromatic nitrogens is 1. The number of aliphatic imine (C=N–C) groups is 1. The standard InChI is InChI=1S/C21H28N4/c1-2-22-20(25-15-12-21(16-25)10-5-11-21)24-14-9-18-7-3-6-17-8-4-13-23-19(17)18/h3-4,6-8,13H,2,5,9-12,14-16H2,1H3,(H,22,24). The van der Waals surface area contributed by atoms with Crippen molar-refractivity contribution in [3.05, 3.63) is 42.1 Å². The summed E-state index contributed by atoms with van der Waals surface area (Å²) in [6.45, 7) is 6.23. The van der Waals surface area contributed by atoms with E-state index in [1.165, 1.54) is 43.2 Å². The van der Waals surface area contributed by atoms with Crippen molar-refractivity contribution in [2.75, 3.05) is 26.2 Å². The maximum absolute atomic E-state index is 4.93. The van der Waals surface area contributed by atoms with Gasteiger partial charge in [-0.05, 0) is 49.7 Å². The lowest BCUT2D eigenvalue weighted by Gasteiger charge is -2.38. The first-order valence-corrected chi connectivity index (χ1v) is 9.66. The Balaban J connectivity index is 1.45. The maximum Gasteiger partial charge on any atom is 0.193 e. The number of rotatable bonds is 4. The molecule has 2 heterocycles. The minimum Gasteiger partial charge on any atom is -0.357 e. The van der Waals surface area contributed by atoms with Gasteiger partial charge in [-0.3, -0.25) is 9.98 Å². The number of para-hydroxylation sites is 1. The number of likely N-dealkylation sites (tertiary alicyclic amines) is 1. The Bertz CT molecular complexity index is 758. The van der Waals surface area contributed by atoms with Crippen molar-refractivity contribution >= 4 is 16.9 Å². The molecule has 1 aromatic carbocycles. The van der Waals surface area contributed by atoms with Gasteiger partial charge in [-0.2, -0.15) is 0 Å². The summed E-state index contributed by atoms with van der Waals surface area (Å²) in [5.41, 5.74) is 3.00. The Kier molecular flexibility index (Phi) is 4.60. The number of guanidine groups is 1. The summed E-state index contributed by atoms with van der Waals surface area (Å²) in [7, 11) is 0. The first-order valence-electron chi connectivity index (χ1n) is 9.66. The van der Waals surface area contributed by atoms with Crippen molar-refractivity contribution in [2.45, 2.75) is 39.0 Å². The number of pyridine rings is 1. The van der Waals surface area contributed by atoms with Gasteiger partial charge in [0.05, 0.1) is 5.52 Å². The zero-order valence-corrected chi connectivity index (χ0v) is 15.2. The van der Waals surface area contributed by atoms with E-state index in [9.17, 15) is 0 Å². The molecule has 0 atom stereocenters. The second-order valence-corrected chi connectivity index (χ2v) is 7.50. The van der Waals surface area contributed by atoms with E-state index in [1.54, 1.807) is 0 Å². The molecule has 0 unspecified atom stereocenters. The smallest absolute Gasteiger partial charge is 0.193 e. The highest BCUT2D eigenvalue weighted by Crippen LogP contribution is 2.47. The minimum absolute atomic E-state index is 0.607. The number of nitrogens with zero attached hydrogens (tertiary/aromatic N) is 3. The molecule has 1 aromatic heterocycles. The van der Waals surface area contributed by atoms with E-state index in [2.05, 4.69) is 46.4 Å². The monoisotopic (exact) mass is 336 g/mol.